The lowest BCUT2D eigenvalue weighted by Crippen LogP contribution is -2.26. The summed E-state index contributed by atoms with van der Waals surface area (Å²) < 4.78 is 0. The molecule has 1 amide bonds. The van der Waals surface area contributed by atoms with Crippen LogP contribution in [0.4, 0.5) is 0 Å². The highest BCUT2D eigenvalue weighted by molar-refractivity contribution is 8.00. The molecule has 1 heterocycles. The van der Waals surface area contributed by atoms with Crippen LogP contribution in [0, 0.1) is 5.41 Å². The van der Waals surface area contributed by atoms with E-state index in [2.05, 4.69) is 27.4 Å². The molecular formula is C21H35NO3S. The van der Waals surface area contributed by atoms with Crippen molar-refractivity contribution >= 4 is 29.2 Å². The number of amides is 1. The van der Waals surface area contributed by atoms with E-state index in [9.17, 15) is 14.4 Å². The molecule has 1 saturated heterocycles. The number of likely N-dealkylation sites (tertiary alicyclic amines) is 1. The first-order chi connectivity index (χ1) is 12.2. The number of nitrogens with zero attached hydrogens (tertiary/aromatic N) is 1. The van der Waals surface area contributed by atoms with Crippen LogP contribution >= 0.6 is 11.8 Å². The average molecular weight is 382 g/mol. The molecule has 1 rings (SSSR count). The molecule has 0 bridgehead atoms. The number of thioether (sulfide) groups is 1. The summed E-state index contributed by atoms with van der Waals surface area (Å²) in [6, 6.07) is 0. The van der Waals surface area contributed by atoms with Crippen molar-refractivity contribution < 1.29 is 14.4 Å². The van der Waals surface area contributed by atoms with E-state index < -0.39 is 0 Å². The van der Waals surface area contributed by atoms with Gasteiger partial charge in [0.25, 0.3) is 0 Å². The molecule has 1 atom stereocenters. The maximum atomic E-state index is 12.3. The molecule has 0 N–H and O–H groups in total. The first-order valence-corrected chi connectivity index (χ1v) is 10.9. The van der Waals surface area contributed by atoms with Crippen LogP contribution in [0.2, 0.25) is 0 Å². The molecule has 1 unspecified atom stereocenters. The van der Waals surface area contributed by atoms with Gasteiger partial charge in [-0.05, 0) is 32.6 Å². The van der Waals surface area contributed by atoms with Crippen molar-refractivity contribution in [2.45, 2.75) is 84.3 Å². The number of ketones is 2. The summed E-state index contributed by atoms with van der Waals surface area (Å²) in [6.45, 7) is 12.6. The van der Waals surface area contributed by atoms with Crippen molar-refractivity contribution in [3.05, 3.63) is 12.3 Å². The van der Waals surface area contributed by atoms with E-state index in [1.807, 2.05) is 0 Å². The van der Waals surface area contributed by atoms with Gasteiger partial charge in [-0.15, -0.1) is 0 Å². The summed E-state index contributed by atoms with van der Waals surface area (Å²) in [5.41, 5.74) is 0.702. The van der Waals surface area contributed by atoms with Gasteiger partial charge >= 0.3 is 0 Å². The zero-order valence-corrected chi connectivity index (χ0v) is 17.8. The van der Waals surface area contributed by atoms with Gasteiger partial charge in [-0.3, -0.25) is 14.4 Å². The molecule has 1 aliphatic rings. The lowest BCUT2D eigenvalue weighted by molar-refractivity contribution is -0.129. The van der Waals surface area contributed by atoms with Crippen molar-refractivity contribution in [3.63, 3.8) is 0 Å². The molecule has 0 aliphatic carbocycles. The highest BCUT2D eigenvalue weighted by Crippen LogP contribution is 2.33. The fourth-order valence-corrected chi connectivity index (χ4v) is 4.44. The minimum absolute atomic E-state index is 0.109. The van der Waals surface area contributed by atoms with E-state index in [1.165, 1.54) is 0 Å². The number of hydrogen-bond acceptors (Lipinski definition) is 4. The highest BCUT2D eigenvalue weighted by Gasteiger charge is 2.33. The minimum atomic E-state index is -0.177. The van der Waals surface area contributed by atoms with Gasteiger partial charge in [0, 0.05) is 42.7 Å². The van der Waals surface area contributed by atoms with Gasteiger partial charge in [-0.1, -0.05) is 33.8 Å². The van der Waals surface area contributed by atoms with Crippen LogP contribution in [0.25, 0.3) is 0 Å². The Labute approximate surface area is 163 Å². The average Bonchev–Trinajstić information content (AvgIpc) is 2.87. The molecule has 0 saturated carbocycles. The third-order valence-corrected chi connectivity index (χ3v) is 6.95. The van der Waals surface area contributed by atoms with Crippen LogP contribution in [0.5, 0.6) is 0 Å². The number of rotatable bonds is 13. The van der Waals surface area contributed by atoms with E-state index in [0.717, 1.165) is 43.6 Å². The topological polar surface area (TPSA) is 54.5 Å². The highest BCUT2D eigenvalue weighted by atomic mass is 32.2. The predicted octanol–water partition coefficient (Wildman–Crippen LogP) is 4.77. The molecule has 0 aromatic heterocycles. The molecule has 5 heteroatoms. The van der Waals surface area contributed by atoms with Gasteiger partial charge in [-0.2, -0.15) is 11.8 Å². The van der Waals surface area contributed by atoms with E-state index >= 15 is 0 Å². The maximum Gasteiger partial charge on any atom is 0.228 e. The molecule has 148 valence electrons. The van der Waals surface area contributed by atoms with Gasteiger partial charge < -0.3 is 4.90 Å². The fourth-order valence-electron chi connectivity index (χ4n) is 3.17. The lowest BCUT2D eigenvalue weighted by atomic mass is 9.78. The Hall–Kier alpha value is -1.10. The Bertz CT molecular complexity index is 525. The van der Waals surface area contributed by atoms with Gasteiger partial charge in [0.1, 0.15) is 11.6 Å². The molecule has 4 nitrogen and oxygen atoms in total. The largest absolute Gasteiger partial charge is 0.316 e. The van der Waals surface area contributed by atoms with Crippen LogP contribution in [-0.2, 0) is 14.4 Å². The molecular weight excluding hydrogens is 346 g/mol. The van der Waals surface area contributed by atoms with E-state index in [-0.39, 0.29) is 22.4 Å². The van der Waals surface area contributed by atoms with Gasteiger partial charge in [0.2, 0.25) is 5.91 Å². The molecule has 0 radical (unpaired) electrons. The molecule has 1 fully saturated rings. The number of hydrogen-bond donors (Lipinski definition) is 0. The Balaban J connectivity index is 2.30. The zero-order chi connectivity index (χ0) is 19.7. The van der Waals surface area contributed by atoms with Crippen LogP contribution in [0.1, 0.15) is 79.1 Å². The second-order valence-corrected chi connectivity index (χ2v) is 8.86. The number of unbranched alkanes of at least 4 members (excludes halogenated alkanes) is 2. The quantitative estimate of drug-likeness (QED) is 0.431. The SMILES string of the molecule is C=C1C(SCCC(C)=O)CC(=O)N1CCCCCC(=O)C(C)(CC)CC. The molecule has 1 aliphatic heterocycles. The Morgan fingerprint density at radius 1 is 1.19 bits per heavy atom. The van der Waals surface area contributed by atoms with Crippen molar-refractivity contribution in [3.8, 4) is 0 Å². The zero-order valence-electron chi connectivity index (χ0n) is 16.9. The summed E-state index contributed by atoms with van der Waals surface area (Å²) in [5.74, 6) is 1.43. The number of carbonyl (C=O) groups is 3. The van der Waals surface area contributed by atoms with Crippen molar-refractivity contribution in [2.75, 3.05) is 12.3 Å². The summed E-state index contributed by atoms with van der Waals surface area (Å²) in [5, 5.41) is 0.109. The van der Waals surface area contributed by atoms with E-state index in [1.54, 1.807) is 23.6 Å². The van der Waals surface area contributed by atoms with Crippen molar-refractivity contribution in [1.29, 1.82) is 0 Å². The van der Waals surface area contributed by atoms with Crippen LogP contribution in [-0.4, -0.2) is 39.9 Å². The summed E-state index contributed by atoms with van der Waals surface area (Å²) >= 11 is 1.66. The first-order valence-electron chi connectivity index (χ1n) is 9.88. The third kappa shape index (κ3) is 6.57. The van der Waals surface area contributed by atoms with Crippen LogP contribution in [0.3, 0.4) is 0 Å². The minimum Gasteiger partial charge on any atom is -0.316 e. The standard InChI is InChI=1S/C21H35NO3S/c1-6-21(5,7-2)19(24)11-9-8-10-13-22-17(4)18(15-20(22)25)26-14-12-16(3)23/h18H,4,6-15H2,1-3,5H3. The van der Waals surface area contributed by atoms with E-state index in [0.29, 0.717) is 31.6 Å². The molecule has 0 aromatic rings. The Kier molecular flexibility index (Phi) is 9.62. The van der Waals surface area contributed by atoms with Crippen LogP contribution in [0.15, 0.2) is 12.3 Å². The van der Waals surface area contributed by atoms with Crippen molar-refractivity contribution in [2.24, 2.45) is 5.41 Å². The third-order valence-electron chi connectivity index (χ3n) is 5.67. The Morgan fingerprint density at radius 2 is 1.85 bits per heavy atom. The molecule has 0 spiro atoms. The maximum absolute atomic E-state index is 12.3. The van der Waals surface area contributed by atoms with Gasteiger partial charge in [-0.25, -0.2) is 0 Å². The Morgan fingerprint density at radius 3 is 2.42 bits per heavy atom. The normalized spacial score (nSPS) is 17.8. The van der Waals surface area contributed by atoms with E-state index in [4.69, 9.17) is 0 Å². The van der Waals surface area contributed by atoms with Gasteiger partial charge in [0.05, 0.1) is 5.25 Å². The molecule has 0 aromatic carbocycles. The number of carbonyl (C=O) groups excluding carboxylic acids is 3. The summed E-state index contributed by atoms with van der Waals surface area (Å²) in [7, 11) is 0. The molecule has 26 heavy (non-hydrogen) atoms. The lowest BCUT2D eigenvalue weighted by Gasteiger charge is -2.25. The van der Waals surface area contributed by atoms with Gasteiger partial charge in [0.15, 0.2) is 0 Å². The second-order valence-electron chi connectivity index (χ2n) is 7.55. The van der Waals surface area contributed by atoms with Crippen molar-refractivity contribution in [1.82, 2.24) is 4.90 Å². The van der Waals surface area contributed by atoms with Crippen LogP contribution < -0.4 is 0 Å². The summed E-state index contributed by atoms with van der Waals surface area (Å²) in [4.78, 5) is 37.4. The smallest absolute Gasteiger partial charge is 0.228 e. The second kappa shape index (κ2) is 10.9. The monoisotopic (exact) mass is 381 g/mol. The fraction of sp³-hybridized carbons (Fsp3) is 0.762. The first kappa shape index (κ1) is 22.9. The predicted molar refractivity (Wildman–Crippen MR) is 109 cm³/mol. The number of Topliss-reactive ketones (excluding diaryl/α,β-unsaturated/α-hetero) is 2. The summed E-state index contributed by atoms with van der Waals surface area (Å²) in [6.07, 6.45) is 6.21.